The predicted octanol–water partition coefficient (Wildman–Crippen LogP) is 2.78. The average molecular weight is 282 g/mol. The molecule has 0 spiro atoms. The van der Waals surface area contributed by atoms with E-state index < -0.39 is 0 Å². The summed E-state index contributed by atoms with van der Waals surface area (Å²) < 4.78 is 0. The van der Waals surface area contributed by atoms with Crippen molar-refractivity contribution in [1.29, 1.82) is 0 Å². The molecule has 0 saturated heterocycles. The lowest BCUT2D eigenvalue weighted by molar-refractivity contribution is 0.0567. The van der Waals surface area contributed by atoms with E-state index in [0.29, 0.717) is 12.0 Å². The Labute approximate surface area is 125 Å². The molecule has 0 bridgehead atoms. The fourth-order valence-corrected chi connectivity index (χ4v) is 3.28. The van der Waals surface area contributed by atoms with Gasteiger partial charge < -0.3 is 10.4 Å². The zero-order valence-corrected chi connectivity index (χ0v) is 13.5. The molecule has 0 aromatic carbocycles. The van der Waals surface area contributed by atoms with Crippen molar-refractivity contribution in [2.45, 2.75) is 77.3 Å². The van der Waals surface area contributed by atoms with Crippen LogP contribution in [0.1, 0.15) is 65.2 Å². The monoisotopic (exact) mass is 282 g/mol. The fraction of sp³-hybridized carbons (Fsp3) is 1.00. The molecule has 2 N–H and O–H groups in total. The maximum atomic E-state index is 9.15. The van der Waals surface area contributed by atoms with Crippen LogP contribution in [0.2, 0.25) is 0 Å². The molecule has 0 amide bonds. The number of aliphatic hydroxyl groups is 1. The molecule has 0 aliphatic heterocycles. The van der Waals surface area contributed by atoms with Crippen molar-refractivity contribution in [2.75, 3.05) is 26.2 Å². The number of hydrogen-bond acceptors (Lipinski definition) is 3. The molecule has 3 heteroatoms. The van der Waals surface area contributed by atoms with Gasteiger partial charge in [-0.15, -0.1) is 0 Å². The highest BCUT2D eigenvalue weighted by Crippen LogP contribution is 2.33. The quantitative estimate of drug-likeness (QED) is 0.612. The summed E-state index contributed by atoms with van der Waals surface area (Å²) in [6.07, 6.45) is 10.3. The second-order valence-electron chi connectivity index (χ2n) is 6.99. The Kier molecular flexibility index (Phi) is 6.31. The van der Waals surface area contributed by atoms with Crippen LogP contribution < -0.4 is 5.32 Å². The second kappa shape index (κ2) is 7.77. The molecular weight excluding hydrogens is 248 g/mol. The molecular formula is C17H34N2O. The summed E-state index contributed by atoms with van der Waals surface area (Å²) in [4.78, 5) is 2.68. The third-order valence-corrected chi connectivity index (χ3v) is 5.58. The van der Waals surface area contributed by atoms with Gasteiger partial charge in [-0.05, 0) is 50.4 Å². The van der Waals surface area contributed by atoms with Gasteiger partial charge in [0.1, 0.15) is 0 Å². The smallest absolute Gasteiger partial charge is 0.0443 e. The highest BCUT2D eigenvalue weighted by Gasteiger charge is 2.34. The van der Waals surface area contributed by atoms with Crippen molar-refractivity contribution < 1.29 is 5.11 Å². The lowest BCUT2D eigenvalue weighted by Gasteiger charge is -2.44. The Bertz CT molecular complexity index is 270. The average Bonchev–Trinajstić information content (AvgIpc) is 3.23. The van der Waals surface area contributed by atoms with E-state index in [1.807, 2.05) is 0 Å². The van der Waals surface area contributed by atoms with Gasteiger partial charge in [0.15, 0.2) is 0 Å². The summed E-state index contributed by atoms with van der Waals surface area (Å²) >= 11 is 0. The molecule has 20 heavy (non-hydrogen) atoms. The van der Waals surface area contributed by atoms with E-state index in [0.717, 1.165) is 25.0 Å². The number of hydrogen-bond donors (Lipinski definition) is 2. The van der Waals surface area contributed by atoms with E-state index in [1.54, 1.807) is 0 Å². The first-order valence-electron chi connectivity index (χ1n) is 8.81. The zero-order chi connectivity index (χ0) is 14.4. The molecule has 2 aliphatic carbocycles. The Balaban J connectivity index is 1.90. The molecule has 0 atom stereocenters. The van der Waals surface area contributed by atoms with Gasteiger partial charge in [0.25, 0.3) is 0 Å². The Morgan fingerprint density at radius 2 is 1.85 bits per heavy atom. The Hall–Kier alpha value is -0.120. The number of nitrogens with zero attached hydrogens (tertiary/aromatic N) is 1. The first-order chi connectivity index (χ1) is 9.73. The summed E-state index contributed by atoms with van der Waals surface area (Å²) in [5, 5.41) is 12.9. The summed E-state index contributed by atoms with van der Waals surface area (Å²) in [7, 11) is 0. The minimum Gasteiger partial charge on any atom is -0.396 e. The molecule has 0 radical (unpaired) electrons. The van der Waals surface area contributed by atoms with Crippen LogP contribution in [0.4, 0.5) is 0 Å². The third kappa shape index (κ3) is 4.44. The van der Waals surface area contributed by atoms with Gasteiger partial charge in [0.2, 0.25) is 0 Å². The van der Waals surface area contributed by atoms with E-state index in [4.69, 9.17) is 5.11 Å². The maximum absolute atomic E-state index is 9.15. The normalized spacial score (nSPS) is 20.4. The van der Waals surface area contributed by atoms with Crippen LogP contribution in [0.15, 0.2) is 0 Å². The van der Waals surface area contributed by atoms with Crippen molar-refractivity contribution in [3.05, 3.63) is 0 Å². The molecule has 0 heterocycles. The topological polar surface area (TPSA) is 35.5 Å². The van der Waals surface area contributed by atoms with Gasteiger partial charge in [0, 0.05) is 38.3 Å². The van der Waals surface area contributed by atoms with E-state index >= 15 is 0 Å². The SMILES string of the molecule is CCC(CC)(CNC1CC1)CN(CCCO)C1CCC1. The summed E-state index contributed by atoms with van der Waals surface area (Å²) in [6, 6.07) is 1.60. The van der Waals surface area contributed by atoms with Crippen LogP contribution in [0.3, 0.4) is 0 Å². The molecule has 0 aromatic rings. The van der Waals surface area contributed by atoms with Crippen LogP contribution in [0, 0.1) is 5.41 Å². The predicted molar refractivity (Wildman–Crippen MR) is 85.0 cm³/mol. The maximum Gasteiger partial charge on any atom is 0.0443 e. The standard InChI is InChI=1S/C17H34N2O/c1-3-17(4-2,13-18-15-9-10-15)14-19(11-6-12-20)16-7-5-8-16/h15-16,18,20H,3-14H2,1-2H3. The minimum absolute atomic E-state index is 0.328. The van der Waals surface area contributed by atoms with Gasteiger partial charge >= 0.3 is 0 Å². The van der Waals surface area contributed by atoms with Gasteiger partial charge in [-0.3, -0.25) is 4.90 Å². The third-order valence-electron chi connectivity index (χ3n) is 5.58. The Morgan fingerprint density at radius 1 is 1.15 bits per heavy atom. The Morgan fingerprint density at radius 3 is 2.30 bits per heavy atom. The zero-order valence-electron chi connectivity index (χ0n) is 13.5. The van der Waals surface area contributed by atoms with Gasteiger partial charge in [-0.2, -0.15) is 0 Å². The molecule has 0 unspecified atom stereocenters. The van der Waals surface area contributed by atoms with Crippen LogP contribution in [0.5, 0.6) is 0 Å². The van der Waals surface area contributed by atoms with Crippen LogP contribution in [0.25, 0.3) is 0 Å². The molecule has 3 nitrogen and oxygen atoms in total. The lowest BCUT2D eigenvalue weighted by atomic mass is 9.79. The number of rotatable bonds is 11. The van der Waals surface area contributed by atoms with E-state index in [1.165, 1.54) is 58.0 Å². The van der Waals surface area contributed by atoms with Gasteiger partial charge in [0.05, 0.1) is 0 Å². The second-order valence-corrected chi connectivity index (χ2v) is 6.99. The summed E-state index contributed by atoms with van der Waals surface area (Å²) in [6.45, 7) is 8.49. The van der Waals surface area contributed by atoms with E-state index in [9.17, 15) is 0 Å². The molecule has 2 aliphatic rings. The molecule has 118 valence electrons. The number of nitrogens with one attached hydrogen (secondary N) is 1. The van der Waals surface area contributed by atoms with E-state index in [2.05, 4.69) is 24.1 Å². The van der Waals surface area contributed by atoms with Crippen molar-refractivity contribution in [1.82, 2.24) is 10.2 Å². The molecule has 0 aromatic heterocycles. The van der Waals surface area contributed by atoms with Crippen LogP contribution in [-0.4, -0.2) is 48.3 Å². The highest BCUT2D eigenvalue weighted by molar-refractivity contribution is 4.91. The molecule has 2 saturated carbocycles. The van der Waals surface area contributed by atoms with Gasteiger partial charge in [-0.25, -0.2) is 0 Å². The number of aliphatic hydroxyl groups excluding tert-OH is 1. The minimum atomic E-state index is 0.328. The molecule has 2 rings (SSSR count). The van der Waals surface area contributed by atoms with Crippen LogP contribution in [-0.2, 0) is 0 Å². The summed E-state index contributed by atoms with van der Waals surface area (Å²) in [5.41, 5.74) is 0.424. The largest absolute Gasteiger partial charge is 0.396 e. The van der Waals surface area contributed by atoms with Crippen LogP contribution >= 0.6 is 0 Å². The first kappa shape index (κ1) is 16.3. The lowest BCUT2D eigenvalue weighted by Crippen LogP contribution is -2.50. The van der Waals surface area contributed by atoms with Crippen molar-refractivity contribution >= 4 is 0 Å². The van der Waals surface area contributed by atoms with Crippen molar-refractivity contribution in [3.8, 4) is 0 Å². The highest BCUT2D eigenvalue weighted by atomic mass is 16.3. The molecule has 2 fully saturated rings. The van der Waals surface area contributed by atoms with E-state index in [-0.39, 0.29) is 0 Å². The fourth-order valence-electron chi connectivity index (χ4n) is 3.28. The van der Waals surface area contributed by atoms with Crippen molar-refractivity contribution in [2.24, 2.45) is 5.41 Å². The first-order valence-corrected chi connectivity index (χ1v) is 8.81. The summed E-state index contributed by atoms with van der Waals surface area (Å²) in [5.74, 6) is 0. The van der Waals surface area contributed by atoms with Gasteiger partial charge in [-0.1, -0.05) is 20.3 Å². The van der Waals surface area contributed by atoms with Crippen molar-refractivity contribution in [3.63, 3.8) is 0 Å².